The number of nitrogens with zero attached hydrogens (tertiary/aromatic N) is 3. The summed E-state index contributed by atoms with van der Waals surface area (Å²) in [7, 11) is 0. The molecule has 8 nitrogen and oxygen atoms in total. The summed E-state index contributed by atoms with van der Waals surface area (Å²) in [6.07, 6.45) is 2.66. The molecule has 2 amide bonds. The summed E-state index contributed by atoms with van der Waals surface area (Å²) in [5.74, 6) is -2.38. The van der Waals surface area contributed by atoms with Gasteiger partial charge in [-0.3, -0.25) is 14.4 Å². The van der Waals surface area contributed by atoms with Crippen LogP contribution in [-0.4, -0.2) is 55.3 Å². The number of aromatic carboxylic acids is 1. The summed E-state index contributed by atoms with van der Waals surface area (Å²) < 4.78 is 16.4. The van der Waals surface area contributed by atoms with Crippen LogP contribution in [0.25, 0.3) is 10.9 Å². The van der Waals surface area contributed by atoms with E-state index in [0.717, 1.165) is 6.42 Å². The lowest BCUT2D eigenvalue weighted by atomic mass is 10.1. The molecule has 2 aliphatic rings. The van der Waals surface area contributed by atoms with Crippen LogP contribution in [-0.2, 0) is 22.7 Å². The average Bonchev–Trinajstić information content (AvgIpc) is 3.34. The summed E-state index contributed by atoms with van der Waals surface area (Å²) in [4.78, 5) is 51.5. The number of ketones is 1. The Morgan fingerprint density at radius 2 is 1.92 bits per heavy atom. The summed E-state index contributed by atoms with van der Waals surface area (Å²) in [6, 6.07) is 9.88. The monoisotopic (exact) mass is 511 g/mol. The first-order chi connectivity index (χ1) is 17.1. The molecule has 0 unspecified atom stereocenters. The molecule has 3 atom stereocenters. The molecule has 1 aromatic heterocycles. The second-order valence-corrected chi connectivity index (χ2v) is 9.80. The maximum absolute atomic E-state index is 14.9. The molecule has 36 heavy (non-hydrogen) atoms. The van der Waals surface area contributed by atoms with E-state index in [2.05, 4.69) is 0 Å². The number of Topliss-reactive ketones (excluding diaryl/α,β-unsaturated/α-hetero) is 1. The van der Waals surface area contributed by atoms with Crippen molar-refractivity contribution in [3.8, 4) is 0 Å². The maximum atomic E-state index is 14.9. The zero-order valence-electron chi connectivity index (χ0n) is 19.4. The van der Waals surface area contributed by atoms with Gasteiger partial charge in [-0.1, -0.05) is 34.3 Å². The fourth-order valence-electron chi connectivity index (χ4n) is 5.13. The molecule has 0 bridgehead atoms. The van der Waals surface area contributed by atoms with Crippen LogP contribution in [0.3, 0.4) is 0 Å². The fourth-order valence-corrected chi connectivity index (χ4v) is 5.35. The molecule has 2 heterocycles. The number of rotatable bonds is 7. The minimum atomic E-state index is -1.13. The summed E-state index contributed by atoms with van der Waals surface area (Å²) in [5.41, 5.74) is 1.35. The number of fused-ring (bicyclic) bond motifs is 2. The van der Waals surface area contributed by atoms with E-state index in [1.165, 1.54) is 34.7 Å². The summed E-state index contributed by atoms with van der Waals surface area (Å²) in [5, 5.41) is 10.5. The quantitative estimate of drug-likeness (QED) is 0.380. The Bertz CT molecular complexity index is 1420. The third-order valence-corrected chi connectivity index (χ3v) is 7.18. The smallest absolute Gasteiger partial charge is 0.335 e. The molecular weight excluding hydrogens is 489 g/mol. The minimum Gasteiger partial charge on any atom is -0.478 e. The number of piperidine rings is 1. The van der Waals surface area contributed by atoms with Gasteiger partial charge in [0.05, 0.1) is 17.6 Å². The van der Waals surface area contributed by atoms with E-state index in [1.807, 2.05) is 0 Å². The van der Waals surface area contributed by atoms with E-state index >= 15 is 0 Å². The number of carbonyl (C=O) groups is 4. The van der Waals surface area contributed by atoms with Crippen LogP contribution in [0.2, 0.25) is 5.02 Å². The number of benzene rings is 2. The molecule has 1 saturated heterocycles. The van der Waals surface area contributed by atoms with Crippen molar-refractivity contribution in [3.05, 3.63) is 70.4 Å². The molecule has 2 aromatic carbocycles. The molecule has 5 rings (SSSR count). The van der Waals surface area contributed by atoms with E-state index in [1.54, 1.807) is 30.3 Å². The Morgan fingerprint density at radius 1 is 1.14 bits per heavy atom. The standard InChI is InChI=1S/C26H23ClFN3O5/c1-14(32)20-12-29(22-8-16(26(35)36)5-6-19(20)22)13-24(33)31-21-9-17(21)10-23(31)25(34)30(28)11-15-3-2-4-18(27)7-15/h2-8,12,17,21,23H,9-11,13H2,1H3,(H,35,36)/t17-,21-,23+/m1/s1. The van der Waals surface area contributed by atoms with Crippen molar-refractivity contribution < 1.29 is 28.8 Å². The van der Waals surface area contributed by atoms with Crippen LogP contribution < -0.4 is 0 Å². The Morgan fingerprint density at radius 3 is 2.61 bits per heavy atom. The van der Waals surface area contributed by atoms with Crippen molar-refractivity contribution >= 4 is 46.1 Å². The molecule has 186 valence electrons. The van der Waals surface area contributed by atoms with Gasteiger partial charge in [0.25, 0.3) is 5.91 Å². The molecule has 10 heteroatoms. The van der Waals surface area contributed by atoms with Crippen LogP contribution in [0.5, 0.6) is 0 Å². The van der Waals surface area contributed by atoms with Gasteiger partial charge in [-0.15, -0.1) is 0 Å². The Balaban J connectivity index is 1.39. The third kappa shape index (κ3) is 4.35. The van der Waals surface area contributed by atoms with Crippen LogP contribution in [0.15, 0.2) is 48.7 Å². The van der Waals surface area contributed by atoms with Crippen molar-refractivity contribution in [2.45, 2.75) is 44.9 Å². The predicted molar refractivity (Wildman–Crippen MR) is 129 cm³/mol. The number of hydrogen-bond acceptors (Lipinski definition) is 4. The molecule has 1 saturated carbocycles. The Hall–Kier alpha value is -3.72. The van der Waals surface area contributed by atoms with Gasteiger partial charge in [0.1, 0.15) is 12.6 Å². The molecule has 3 aromatic rings. The lowest BCUT2D eigenvalue weighted by molar-refractivity contribution is -0.157. The second-order valence-electron chi connectivity index (χ2n) is 9.37. The third-order valence-electron chi connectivity index (χ3n) is 6.94. The van der Waals surface area contributed by atoms with E-state index < -0.39 is 17.9 Å². The van der Waals surface area contributed by atoms with Crippen LogP contribution in [0, 0.1) is 5.92 Å². The van der Waals surface area contributed by atoms with Gasteiger partial charge in [-0.2, -0.15) is 5.12 Å². The number of carboxylic acids is 1. The van der Waals surface area contributed by atoms with Crippen molar-refractivity contribution in [3.63, 3.8) is 0 Å². The SMILES string of the molecule is CC(=O)c1cn(CC(=O)N2[C@@H]3C[C@@H]3C[C@H]2C(=O)N(F)Cc2cccc(Cl)c2)c2cc(C(=O)O)ccc12. The van der Waals surface area contributed by atoms with Gasteiger partial charge in [-0.05, 0) is 55.5 Å². The van der Waals surface area contributed by atoms with Gasteiger partial charge in [0, 0.05) is 28.2 Å². The van der Waals surface area contributed by atoms with Crippen molar-refractivity contribution in [2.24, 2.45) is 5.92 Å². The molecule has 1 aliphatic heterocycles. The highest BCUT2D eigenvalue weighted by molar-refractivity contribution is 6.30. The summed E-state index contributed by atoms with van der Waals surface area (Å²) >= 11 is 5.96. The topological polar surface area (TPSA) is 99.9 Å². The lowest BCUT2D eigenvalue weighted by Gasteiger charge is -2.28. The zero-order valence-corrected chi connectivity index (χ0v) is 20.1. The van der Waals surface area contributed by atoms with Crippen LogP contribution >= 0.6 is 11.6 Å². The summed E-state index contributed by atoms with van der Waals surface area (Å²) in [6.45, 7) is 0.904. The molecule has 1 aliphatic carbocycles. The van der Waals surface area contributed by atoms with Gasteiger partial charge in [-0.25, -0.2) is 4.79 Å². The number of hydrogen-bond donors (Lipinski definition) is 1. The first kappa shape index (κ1) is 24.0. The number of amides is 2. The van der Waals surface area contributed by atoms with E-state index in [9.17, 15) is 28.8 Å². The largest absolute Gasteiger partial charge is 0.478 e. The number of aromatic nitrogens is 1. The first-order valence-corrected chi connectivity index (χ1v) is 11.9. The van der Waals surface area contributed by atoms with Gasteiger partial charge < -0.3 is 14.6 Å². The molecule has 0 radical (unpaired) electrons. The number of halogens is 2. The van der Waals surface area contributed by atoms with E-state index in [-0.39, 0.29) is 47.4 Å². The first-order valence-electron chi connectivity index (χ1n) is 11.5. The Labute approximate surface area is 210 Å². The highest BCUT2D eigenvalue weighted by atomic mass is 35.5. The lowest BCUT2D eigenvalue weighted by Crippen LogP contribution is -2.48. The molecule has 1 N–H and O–H groups in total. The molecular formula is C26H23ClFN3O5. The van der Waals surface area contributed by atoms with Crippen LogP contribution in [0.1, 0.15) is 46.0 Å². The maximum Gasteiger partial charge on any atom is 0.335 e. The van der Waals surface area contributed by atoms with Gasteiger partial charge >= 0.3 is 5.97 Å². The van der Waals surface area contributed by atoms with Crippen LogP contribution in [0.4, 0.5) is 4.48 Å². The fraction of sp³-hybridized carbons (Fsp3) is 0.308. The van der Waals surface area contributed by atoms with Crippen molar-refractivity contribution in [2.75, 3.05) is 0 Å². The number of likely N-dealkylation sites (tertiary alicyclic amines) is 1. The highest BCUT2D eigenvalue weighted by Gasteiger charge is 2.56. The van der Waals surface area contributed by atoms with E-state index in [0.29, 0.717) is 33.5 Å². The zero-order chi connectivity index (χ0) is 25.7. The minimum absolute atomic E-state index is 0.0231. The number of carboxylic acid groups (broad SMARTS) is 1. The van der Waals surface area contributed by atoms with Gasteiger partial charge in [0.15, 0.2) is 5.78 Å². The van der Waals surface area contributed by atoms with Gasteiger partial charge in [0.2, 0.25) is 5.91 Å². The van der Waals surface area contributed by atoms with Crippen molar-refractivity contribution in [1.82, 2.24) is 14.6 Å². The second kappa shape index (κ2) is 9.05. The van der Waals surface area contributed by atoms with Crippen molar-refractivity contribution in [1.29, 1.82) is 0 Å². The normalized spacial score (nSPS) is 20.3. The molecule has 2 fully saturated rings. The average molecular weight is 512 g/mol. The Kier molecular flexibility index (Phi) is 6.04. The van der Waals surface area contributed by atoms with E-state index in [4.69, 9.17) is 11.6 Å². The highest BCUT2D eigenvalue weighted by Crippen LogP contribution is 2.48. The number of carbonyl (C=O) groups excluding carboxylic acids is 3. The predicted octanol–water partition coefficient (Wildman–Crippen LogP) is 4.10. The molecule has 0 spiro atoms.